The molecule has 0 saturated carbocycles. The minimum Gasteiger partial charge on any atom is -0.481 e. The Morgan fingerprint density at radius 3 is 2.61 bits per heavy atom. The Hall–Kier alpha value is -2.53. The lowest BCUT2D eigenvalue weighted by Gasteiger charge is -2.34. The van der Waals surface area contributed by atoms with Gasteiger partial charge in [-0.2, -0.15) is 0 Å². The smallest absolute Gasteiger partial charge is 0.307 e. The number of anilines is 1. The fourth-order valence-electron chi connectivity index (χ4n) is 2.52. The molecule has 1 aliphatic rings. The lowest BCUT2D eigenvalue weighted by molar-refractivity contribution is -0.142. The summed E-state index contributed by atoms with van der Waals surface area (Å²) in [5, 5.41) is 9.53. The van der Waals surface area contributed by atoms with Gasteiger partial charge in [-0.1, -0.05) is 41.9 Å². The molecule has 1 atom stereocenters. The van der Waals surface area contributed by atoms with Crippen molar-refractivity contribution in [3.8, 4) is 5.75 Å². The standard InChI is InChI=1S/C17H14ClNO4/c18-12-6-2-1-5-11(12)10-19-13-7-3-4-8-14(13)23-15(17(19)22)9-16(20)21/h1-8,15H,9-10H2,(H,20,21). The molecule has 0 bridgehead atoms. The third-order valence-corrected chi connectivity index (χ3v) is 3.98. The number of fused-ring (bicyclic) bond motifs is 1. The first-order valence-electron chi connectivity index (χ1n) is 7.08. The van der Waals surface area contributed by atoms with Gasteiger partial charge in [0.05, 0.1) is 18.7 Å². The quantitative estimate of drug-likeness (QED) is 0.934. The normalized spacial score (nSPS) is 16.7. The maximum atomic E-state index is 12.6. The Morgan fingerprint density at radius 2 is 1.87 bits per heavy atom. The van der Waals surface area contributed by atoms with E-state index in [1.54, 1.807) is 30.3 Å². The van der Waals surface area contributed by atoms with Gasteiger partial charge >= 0.3 is 5.97 Å². The highest BCUT2D eigenvalue weighted by Gasteiger charge is 2.35. The maximum absolute atomic E-state index is 12.6. The fraction of sp³-hybridized carbons (Fsp3) is 0.176. The topological polar surface area (TPSA) is 66.8 Å². The van der Waals surface area contributed by atoms with Gasteiger partial charge in [-0.05, 0) is 23.8 Å². The monoisotopic (exact) mass is 331 g/mol. The second-order valence-electron chi connectivity index (χ2n) is 5.19. The number of aliphatic carboxylic acids is 1. The van der Waals surface area contributed by atoms with Crippen LogP contribution in [0.15, 0.2) is 48.5 Å². The summed E-state index contributed by atoms with van der Waals surface area (Å²) in [6.45, 7) is 0.259. The van der Waals surface area contributed by atoms with Crippen LogP contribution in [-0.2, 0) is 16.1 Å². The first-order valence-corrected chi connectivity index (χ1v) is 7.46. The summed E-state index contributed by atoms with van der Waals surface area (Å²) >= 11 is 6.18. The molecule has 6 heteroatoms. The second kappa shape index (κ2) is 6.30. The van der Waals surface area contributed by atoms with Gasteiger partial charge in [-0.25, -0.2) is 0 Å². The third kappa shape index (κ3) is 3.14. The molecular formula is C17H14ClNO4. The average Bonchev–Trinajstić information content (AvgIpc) is 2.52. The van der Waals surface area contributed by atoms with Crippen LogP contribution in [0, 0.1) is 0 Å². The van der Waals surface area contributed by atoms with Crippen molar-refractivity contribution in [2.24, 2.45) is 0 Å². The SMILES string of the molecule is O=C(O)CC1Oc2ccccc2N(Cc2ccccc2Cl)C1=O. The molecule has 3 rings (SSSR count). The third-order valence-electron chi connectivity index (χ3n) is 3.61. The lowest BCUT2D eigenvalue weighted by Crippen LogP contribution is -2.46. The van der Waals surface area contributed by atoms with E-state index in [9.17, 15) is 9.59 Å². The summed E-state index contributed by atoms with van der Waals surface area (Å²) in [6, 6.07) is 14.3. The molecule has 5 nitrogen and oxygen atoms in total. The molecule has 23 heavy (non-hydrogen) atoms. The highest BCUT2D eigenvalue weighted by atomic mass is 35.5. The summed E-state index contributed by atoms with van der Waals surface area (Å²) in [5.41, 5.74) is 1.40. The van der Waals surface area contributed by atoms with Gasteiger partial charge in [0, 0.05) is 5.02 Å². The molecule has 1 unspecified atom stereocenters. The van der Waals surface area contributed by atoms with Crippen molar-refractivity contribution in [3.63, 3.8) is 0 Å². The number of hydrogen-bond acceptors (Lipinski definition) is 3. The van der Waals surface area contributed by atoms with E-state index in [0.717, 1.165) is 5.56 Å². The highest BCUT2D eigenvalue weighted by molar-refractivity contribution is 6.31. The highest BCUT2D eigenvalue weighted by Crippen LogP contribution is 2.36. The molecule has 0 saturated heterocycles. The van der Waals surface area contributed by atoms with E-state index in [0.29, 0.717) is 16.5 Å². The first kappa shape index (κ1) is 15.4. The van der Waals surface area contributed by atoms with Crippen LogP contribution in [0.5, 0.6) is 5.75 Å². The van der Waals surface area contributed by atoms with Crippen LogP contribution in [0.2, 0.25) is 5.02 Å². The average molecular weight is 332 g/mol. The number of amides is 1. The minimum absolute atomic E-state index is 0.259. The number of para-hydroxylation sites is 2. The van der Waals surface area contributed by atoms with Crippen LogP contribution < -0.4 is 9.64 Å². The van der Waals surface area contributed by atoms with Gasteiger partial charge in [0.2, 0.25) is 0 Å². The van der Waals surface area contributed by atoms with Crippen LogP contribution in [-0.4, -0.2) is 23.1 Å². The largest absolute Gasteiger partial charge is 0.481 e. The maximum Gasteiger partial charge on any atom is 0.307 e. The molecule has 1 N–H and O–H groups in total. The molecule has 0 aliphatic carbocycles. The zero-order valence-electron chi connectivity index (χ0n) is 12.1. The Kier molecular flexibility index (Phi) is 4.21. The second-order valence-corrected chi connectivity index (χ2v) is 5.60. The van der Waals surface area contributed by atoms with E-state index >= 15 is 0 Å². The van der Waals surface area contributed by atoms with Crippen LogP contribution in [0.1, 0.15) is 12.0 Å². The van der Waals surface area contributed by atoms with E-state index in [4.69, 9.17) is 21.4 Å². The predicted octanol–water partition coefficient (Wildman–Crippen LogP) is 3.11. The Morgan fingerprint density at radius 1 is 1.17 bits per heavy atom. The molecule has 0 spiro atoms. The summed E-state index contributed by atoms with van der Waals surface area (Å²) in [6.07, 6.45) is -1.42. The summed E-state index contributed by atoms with van der Waals surface area (Å²) in [4.78, 5) is 25.1. The van der Waals surface area contributed by atoms with Gasteiger partial charge < -0.3 is 14.7 Å². The van der Waals surface area contributed by atoms with Crippen molar-refractivity contribution in [1.29, 1.82) is 0 Å². The van der Waals surface area contributed by atoms with E-state index in [2.05, 4.69) is 0 Å². The summed E-state index contributed by atoms with van der Waals surface area (Å²) in [7, 11) is 0. The fourth-order valence-corrected chi connectivity index (χ4v) is 2.72. The van der Waals surface area contributed by atoms with Crippen LogP contribution >= 0.6 is 11.6 Å². The zero-order valence-corrected chi connectivity index (χ0v) is 12.9. The van der Waals surface area contributed by atoms with Crippen LogP contribution in [0.3, 0.4) is 0 Å². The number of nitrogens with zero attached hydrogens (tertiary/aromatic N) is 1. The predicted molar refractivity (Wildman–Crippen MR) is 85.8 cm³/mol. The van der Waals surface area contributed by atoms with E-state index in [1.165, 1.54) is 4.90 Å². The Balaban J connectivity index is 1.97. The van der Waals surface area contributed by atoms with Crippen molar-refractivity contribution < 1.29 is 19.4 Å². The number of carboxylic acids is 1. The van der Waals surface area contributed by atoms with Gasteiger partial charge in [-0.3, -0.25) is 9.59 Å². The van der Waals surface area contributed by atoms with Crippen LogP contribution in [0.25, 0.3) is 0 Å². The van der Waals surface area contributed by atoms with Crippen molar-refractivity contribution >= 4 is 29.2 Å². The summed E-state index contributed by atoms with van der Waals surface area (Å²) < 4.78 is 5.55. The molecule has 1 amide bonds. The van der Waals surface area contributed by atoms with Crippen molar-refractivity contribution in [2.75, 3.05) is 4.90 Å². The number of halogens is 1. The zero-order chi connectivity index (χ0) is 16.4. The van der Waals surface area contributed by atoms with Gasteiger partial charge in [0.1, 0.15) is 5.75 Å². The number of carbonyl (C=O) groups is 2. The van der Waals surface area contributed by atoms with E-state index in [1.807, 2.05) is 18.2 Å². The number of carbonyl (C=O) groups excluding carboxylic acids is 1. The van der Waals surface area contributed by atoms with Crippen molar-refractivity contribution in [1.82, 2.24) is 0 Å². The Bertz CT molecular complexity index is 762. The molecule has 0 aromatic heterocycles. The molecule has 0 radical (unpaired) electrons. The molecule has 0 fully saturated rings. The van der Waals surface area contributed by atoms with Gasteiger partial charge in [0.25, 0.3) is 5.91 Å². The molecule has 1 aliphatic heterocycles. The molecule has 2 aromatic carbocycles. The van der Waals surface area contributed by atoms with Crippen molar-refractivity contribution in [3.05, 3.63) is 59.1 Å². The molecule has 118 valence electrons. The number of benzene rings is 2. The van der Waals surface area contributed by atoms with E-state index < -0.39 is 12.1 Å². The number of rotatable bonds is 4. The molecular weight excluding hydrogens is 318 g/mol. The minimum atomic E-state index is -1.08. The van der Waals surface area contributed by atoms with Crippen molar-refractivity contribution in [2.45, 2.75) is 19.1 Å². The number of ether oxygens (including phenoxy) is 1. The summed E-state index contributed by atoms with van der Waals surface area (Å²) in [5.74, 6) is -0.975. The van der Waals surface area contributed by atoms with Gasteiger partial charge in [0.15, 0.2) is 6.10 Å². The molecule has 1 heterocycles. The number of carboxylic acid groups (broad SMARTS) is 1. The van der Waals surface area contributed by atoms with E-state index in [-0.39, 0.29) is 18.9 Å². The molecule has 2 aromatic rings. The Labute approximate surface area is 138 Å². The van der Waals surface area contributed by atoms with Gasteiger partial charge in [-0.15, -0.1) is 0 Å². The lowest BCUT2D eigenvalue weighted by atomic mass is 10.1. The van der Waals surface area contributed by atoms with Crippen LogP contribution in [0.4, 0.5) is 5.69 Å². The number of hydrogen-bond donors (Lipinski definition) is 1. The first-order chi connectivity index (χ1) is 11.1.